The maximum Gasteiger partial charge on any atom is 0.267 e. The zero-order chi connectivity index (χ0) is 22.6. The number of piperidine rings is 1. The molecule has 0 aromatic heterocycles. The van der Waals surface area contributed by atoms with E-state index in [0.29, 0.717) is 44.2 Å². The lowest BCUT2D eigenvalue weighted by atomic mass is 9.74. The molecule has 5 fully saturated rings. The van der Waals surface area contributed by atoms with Gasteiger partial charge in [0.25, 0.3) is 5.92 Å². The van der Waals surface area contributed by atoms with Crippen LogP contribution in [-0.2, 0) is 9.59 Å². The molecular weight excluding hydrogens is 423 g/mol. The number of amides is 2. The molecule has 1 saturated carbocycles. The van der Waals surface area contributed by atoms with Gasteiger partial charge in [0.15, 0.2) is 0 Å². The fourth-order valence-electron chi connectivity index (χ4n) is 6.76. The molecule has 3 N–H and O–H groups in total. The van der Waals surface area contributed by atoms with Gasteiger partial charge in [0.05, 0.1) is 12.6 Å². The molecule has 10 heteroatoms. The quantitative estimate of drug-likeness (QED) is 0.591. The number of hydrazine groups is 1. The van der Waals surface area contributed by atoms with Crippen LogP contribution in [0.1, 0.15) is 45.4 Å². The van der Waals surface area contributed by atoms with Crippen molar-refractivity contribution in [3.05, 3.63) is 0 Å². The number of halogens is 3. The van der Waals surface area contributed by atoms with Crippen molar-refractivity contribution in [3.8, 4) is 0 Å². The molecule has 4 saturated heterocycles. The summed E-state index contributed by atoms with van der Waals surface area (Å²) in [6.45, 7) is 2.63. The number of alkyl halides is 3. The monoisotopic (exact) mass is 457 g/mol. The van der Waals surface area contributed by atoms with Crippen LogP contribution in [0.4, 0.5) is 13.2 Å². The van der Waals surface area contributed by atoms with Crippen LogP contribution in [0.25, 0.3) is 0 Å². The highest BCUT2D eigenvalue weighted by Crippen LogP contribution is 2.41. The van der Waals surface area contributed by atoms with E-state index in [-0.39, 0.29) is 48.8 Å². The smallest absolute Gasteiger partial charge is 0.267 e. The summed E-state index contributed by atoms with van der Waals surface area (Å²) in [6.07, 6.45) is 2.32. The van der Waals surface area contributed by atoms with Gasteiger partial charge >= 0.3 is 0 Å². The van der Waals surface area contributed by atoms with Crippen molar-refractivity contribution < 1.29 is 22.8 Å². The van der Waals surface area contributed by atoms with Crippen molar-refractivity contribution in [2.75, 3.05) is 26.2 Å². The first-order valence-corrected chi connectivity index (χ1v) is 12.1. The second-order valence-corrected chi connectivity index (χ2v) is 10.4. The zero-order valence-corrected chi connectivity index (χ0v) is 18.5. The topological polar surface area (TPSA) is 76.7 Å². The van der Waals surface area contributed by atoms with E-state index in [2.05, 4.69) is 23.1 Å². The molecule has 2 amide bonds. The molecular formula is C22H34F3N5O2. The third-order valence-electron chi connectivity index (χ3n) is 8.51. The van der Waals surface area contributed by atoms with Crippen LogP contribution in [0, 0.1) is 17.8 Å². The summed E-state index contributed by atoms with van der Waals surface area (Å²) in [4.78, 5) is 29.4. The normalized spacial score (nSPS) is 43.2. The van der Waals surface area contributed by atoms with Crippen LogP contribution >= 0.6 is 0 Å². The molecule has 5 rings (SSSR count). The maximum atomic E-state index is 14.2. The summed E-state index contributed by atoms with van der Waals surface area (Å²) in [5, 5.41) is 3.41. The Kier molecular flexibility index (Phi) is 5.90. The van der Waals surface area contributed by atoms with Gasteiger partial charge in [-0.15, -0.1) is 0 Å². The molecule has 0 aromatic rings. The van der Waals surface area contributed by atoms with Gasteiger partial charge < -0.3 is 15.1 Å². The Hall–Kier alpha value is -1.39. The van der Waals surface area contributed by atoms with Crippen molar-refractivity contribution in [2.24, 2.45) is 17.8 Å². The summed E-state index contributed by atoms with van der Waals surface area (Å²) in [7, 11) is 0. The van der Waals surface area contributed by atoms with E-state index in [9.17, 15) is 22.8 Å². The Labute approximate surface area is 186 Å². The number of nitrogens with one attached hydrogen (secondary N) is 3. The molecule has 0 aromatic carbocycles. The lowest BCUT2D eigenvalue weighted by Gasteiger charge is -2.37. The summed E-state index contributed by atoms with van der Waals surface area (Å²) in [5.74, 6) is -2.63. The fourth-order valence-corrected chi connectivity index (χ4v) is 6.76. The largest absolute Gasteiger partial charge is 0.341 e. The molecule has 0 spiro atoms. The van der Waals surface area contributed by atoms with Gasteiger partial charge in [-0.25, -0.2) is 18.6 Å². The number of likely N-dealkylation sites (tertiary alicyclic amines) is 2. The summed E-state index contributed by atoms with van der Waals surface area (Å²) in [5.41, 5.74) is 6.15. The van der Waals surface area contributed by atoms with E-state index in [0.717, 1.165) is 12.8 Å². The number of nitrogens with zero attached hydrogens (tertiary/aromatic N) is 2. The van der Waals surface area contributed by atoms with E-state index < -0.39 is 24.7 Å². The molecule has 32 heavy (non-hydrogen) atoms. The zero-order valence-electron chi connectivity index (χ0n) is 18.5. The van der Waals surface area contributed by atoms with E-state index >= 15 is 0 Å². The highest BCUT2D eigenvalue weighted by Gasteiger charge is 2.50. The number of carbonyl (C=O) groups excluding carboxylic acids is 2. The van der Waals surface area contributed by atoms with Crippen LogP contribution in [0.2, 0.25) is 0 Å². The number of rotatable bonds is 3. The third-order valence-corrected chi connectivity index (χ3v) is 8.51. The van der Waals surface area contributed by atoms with Crippen molar-refractivity contribution in [3.63, 3.8) is 0 Å². The predicted octanol–water partition coefficient (Wildman–Crippen LogP) is 1.05. The molecule has 180 valence electrons. The fraction of sp³-hybridized carbons (Fsp3) is 0.909. The average Bonchev–Trinajstić information content (AvgIpc) is 3.47. The Morgan fingerprint density at radius 2 is 1.81 bits per heavy atom. The minimum atomic E-state index is -2.82. The van der Waals surface area contributed by atoms with Crippen molar-refractivity contribution >= 4 is 11.8 Å². The van der Waals surface area contributed by atoms with Gasteiger partial charge in [-0.1, -0.05) is 13.3 Å². The summed E-state index contributed by atoms with van der Waals surface area (Å²) < 4.78 is 41.4. The van der Waals surface area contributed by atoms with E-state index in [1.165, 1.54) is 4.90 Å². The van der Waals surface area contributed by atoms with Crippen LogP contribution in [0.5, 0.6) is 0 Å². The van der Waals surface area contributed by atoms with E-state index in [1.807, 2.05) is 4.90 Å². The number of carbonyl (C=O) groups is 2. The standard InChI is InChI=1S/C22H34F3N5O2/c1-2-12-7-13(23)8-17-14(12)9-18(26-17)20(31)29-5-3-16-15(10-29)19(28-27-16)21(32)30-6-4-22(24,25)11-30/h12-19,26-28H,2-11H2,1H3. The molecule has 0 radical (unpaired) electrons. The van der Waals surface area contributed by atoms with Crippen LogP contribution in [0.15, 0.2) is 0 Å². The first-order chi connectivity index (χ1) is 15.3. The molecule has 1 aliphatic carbocycles. The second kappa shape index (κ2) is 8.43. The summed E-state index contributed by atoms with van der Waals surface area (Å²) in [6, 6.07) is -0.835. The Bertz CT molecular complexity index is 755. The van der Waals surface area contributed by atoms with Crippen molar-refractivity contribution in [1.29, 1.82) is 0 Å². The summed E-state index contributed by atoms with van der Waals surface area (Å²) >= 11 is 0. The van der Waals surface area contributed by atoms with Crippen LogP contribution in [0.3, 0.4) is 0 Å². The molecule has 5 aliphatic rings. The van der Waals surface area contributed by atoms with E-state index in [4.69, 9.17) is 0 Å². The van der Waals surface area contributed by atoms with Gasteiger partial charge in [0, 0.05) is 44.1 Å². The molecule has 7 nitrogen and oxygen atoms in total. The van der Waals surface area contributed by atoms with Gasteiger partial charge in [0.2, 0.25) is 11.8 Å². The lowest BCUT2D eigenvalue weighted by molar-refractivity contribution is -0.138. The predicted molar refractivity (Wildman–Crippen MR) is 111 cm³/mol. The Morgan fingerprint density at radius 1 is 1.00 bits per heavy atom. The van der Waals surface area contributed by atoms with Crippen molar-refractivity contribution in [1.82, 2.24) is 26.0 Å². The van der Waals surface area contributed by atoms with Gasteiger partial charge in [0.1, 0.15) is 12.2 Å². The molecule has 8 atom stereocenters. The Morgan fingerprint density at radius 3 is 2.53 bits per heavy atom. The molecule has 8 unspecified atom stereocenters. The third kappa shape index (κ3) is 4.03. The van der Waals surface area contributed by atoms with Gasteiger partial charge in [-0.3, -0.25) is 15.0 Å². The first-order valence-electron chi connectivity index (χ1n) is 12.1. The SMILES string of the molecule is CCC1CC(F)CC2NC(C(=O)N3CCC4NNC(C(=O)N5CCC(F)(F)C5)C4C3)CC12. The minimum Gasteiger partial charge on any atom is -0.341 e. The van der Waals surface area contributed by atoms with Gasteiger partial charge in [-0.2, -0.15) is 0 Å². The van der Waals surface area contributed by atoms with E-state index in [1.54, 1.807) is 0 Å². The molecule has 0 bridgehead atoms. The number of hydrogen-bond acceptors (Lipinski definition) is 5. The van der Waals surface area contributed by atoms with Crippen LogP contribution in [-0.4, -0.2) is 84.1 Å². The van der Waals surface area contributed by atoms with Crippen molar-refractivity contribution in [2.45, 2.75) is 81.7 Å². The molecule has 4 aliphatic heterocycles. The van der Waals surface area contributed by atoms with Gasteiger partial charge in [-0.05, 0) is 37.5 Å². The second-order valence-electron chi connectivity index (χ2n) is 10.4. The maximum absolute atomic E-state index is 14.2. The number of fused-ring (bicyclic) bond motifs is 2. The minimum absolute atomic E-state index is 0.0221. The highest BCUT2D eigenvalue weighted by molar-refractivity contribution is 5.84. The average molecular weight is 458 g/mol. The Balaban J connectivity index is 1.23. The first kappa shape index (κ1) is 22.4. The number of hydrogen-bond donors (Lipinski definition) is 3. The highest BCUT2D eigenvalue weighted by atomic mass is 19.3. The van der Waals surface area contributed by atoms with Crippen LogP contribution < -0.4 is 16.2 Å². The lowest BCUT2D eigenvalue weighted by Crippen LogP contribution is -2.55. The molecule has 4 heterocycles.